The fourth-order valence-electron chi connectivity index (χ4n) is 8.04. The molecule has 0 spiro atoms. The number of carbonyl (C=O) groups excluding carboxylic acids is 3. The minimum absolute atomic E-state index is 0.914. The Morgan fingerprint density at radius 3 is 1.54 bits per heavy atom. The Balaban J connectivity index is 1.67. The maximum absolute atomic E-state index is 12.9. The number of aliphatic hydroxyl groups excluding tert-OH is 15. The maximum atomic E-state index is 12.9. The molecule has 22 atom stereocenters. The van der Waals surface area contributed by atoms with Crippen LogP contribution in [0.2, 0.25) is 0 Å². The Labute approximate surface area is 382 Å². The molecule has 0 aliphatic carbocycles. The normalized spacial score (nSPS) is 40.5. The molecule has 4 saturated heterocycles. The Morgan fingerprint density at radius 1 is 0.632 bits per heavy atom. The number of carboxylic acid groups (broad SMARTS) is 2. The van der Waals surface area contributed by atoms with Crippen molar-refractivity contribution in [2.45, 2.75) is 154 Å². The summed E-state index contributed by atoms with van der Waals surface area (Å²) in [5.74, 6) is -13.8. The highest BCUT2D eigenvalue weighted by atomic mass is 16.8. The van der Waals surface area contributed by atoms with Crippen molar-refractivity contribution in [3.05, 3.63) is 0 Å². The number of amides is 3. The van der Waals surface area contributed by atoms with Gasteiger partial charge in [0.05, 0.1) is 50.7 Å². The lowest BCUT2D eigenvalue weighted by Gasteiger charge is -2.51. The molecule has 0 radical (unpaired) electrons. The summed E-state index contributed by atoms with van der Waals surface area (Å²) in [6.45, 7) is -6.09. The fraction of sp³-hybridized carbons (Fsp3) is 0.861. The van der Waals surface area contributed by atoms with Crippen molar-refractivity contribution in [1.82, 2.24) is 16.0 Å². The van der Waals surface area contributed by atoms with Crippen molar-refractivity contribution in [2.75, 3.05) is 39.6 Å². The Bertz CT molecular complexity index is 1720. The summed E-state index contributed by atoms with van der Waals surface area (Å²) < 4.78 is 38.9. The number of nitrogens with one attached hydrogen (secondary N) is 3. The monoisotopic (exact) mass is 997 g/mol. The SMILES string of the molecule is CC(=O)N[C@@H]1[C@@H](OC2O[C@H](CO)[C@H](O)[C@H](OC3(C(=O)O)C[C@H](O)[C@@H](NC(=O)CO)[C@H]([C@H](O)[C@H](O)CO)O3)[C@H]2O)[C@@H](O)[C@@H](COC2(C(=O)O)C[C@H](O)[C@@H](NC(=O)CO)[C@H]([C@H](O)[C@H](O)CO)O2)O[C@@H]1O. The first-order chi connectivity index (χ1) is 31.8. The van der Waals surface area contributed by atoms with Gasteiger partial charge in [-0.15, -0.1) is 0 Å². The van der Waals surface area contributed by atoms with E-state index in [1.165, 1.54) is 0 Å². The summed E-state index contributed by atoms with van der Waals surface area (Å²) in [6, 6.07) is -5.44. The Kier molecular flexibility index (Phi) is 20.2. The standard InChI is InChI=1S/C36H59N3O29/c1-10(45)37-21-27(25(55)16(63-31(21)57)9-62-35(33(58)59)2-11(46)19(38-17(50)7-43)28(66-35)22(52)13(48)4-40)65-32-26(56)30(24(54)15(6-42)64-32)68-36(34(60)61)3-12(47)20(39-18(51)8-44)29(67-36)23(53)14(49)5-41/h11-16,19-32,40-44,46-49,52-57H,2-9H2,1H3,(H,37,45)(H,38,50)(H,39,51)(H,58,59)(H,60,61)/t11-,12-,13+,14+,15+,16+,19+,20+,21+,22+,23+,24-,25-,26+,27+,28+,29+,30-,31-,32?,35?,36?/m0/s1. The maximum Gasteiger partial charge on any atom is 0.364 e. The van der Waals surface area contributed by atoms with Crippen LogP contribution < -0.4 is 16.0 Å². The van der Waals surface area contributed by atoms with E-state index in [2.05, 4.69) is 16.0 Å². The van der Waals surface area contributed by atoms with Crippen LogP contribution in [-0.2, 0) is 57.1 Å². The van der Waals surface area contributed by atoms with Crippen molar-refractivity contribution in [2.24, 2.45) is 0 Å². The van der Waals surface area contributed by atoms with Crippen LogP contribution in [0.4, 0.5) is 0 Å². The fourth-order valence-corrected chi connectivity index (χ4v) is 8.04. The third kappa shape index (κ3) is 12.5. The highest BCUT2D eigenvalue weighted by molar-refractivity contribution is 5.79. The lowest BCUT2D eigenvalue weighted by atomic mass is 9.88. The third-order valence-corrected chi connectivity index (χ3v) is 11.6. The predicted octanol–water partition coefficient (Wildman–Crippen LogP) is -13.0. The number of aliphatic hydroxyl groups is 15. The van der Waals surface area contributed by atoms with E-state index < -0.39 is 216 Å². The third-order valence-electron chi connectivity index (χ3n) is 11.6. The van der Waals surface area contributed by atoms with E-state index in [9.17, 15) is 111 Å². The van der Waals surface area contributed by atoms with Crippen LogP contribution in [0.15, 0.2) is 0 Å². The highest BCUT2D eigenvalue weighted by Crippen LogP contribution is 2.39. The van der Waals surface area contributed by atoms with Crippen molar-refractivity contribution in [3.63, 3.8) is 0 Å². The van der Waals surface area contributed by atoms with Gasteiger partial charge in [-0.3, -0.25) is 14.4 Å². The van der Waals surface area contributed by atoms with E-state index in [1.54, 1.807) is 0 Å². The van der Waals surface area contributed by atoms with Crippen LogP contribution in [0.1, 0.15) is 19.8 Å². The molecule has 32 heteroatoms. The molecule has 392 valence electrons. The van der Waals surface area contributed by atoms with Gasteiger partial charge in [0.2, 0.25) is 17.7 Å². The largest absolute Gasteiger partial charge is 0.477 e. The van der Waals surface area contributed by atoms with Gasteiger partial charge < -0.3 is 136 Å². The summed E-state index contributed by atoms with van der Waals surface area (Å²) in [5.41, 5.74) is 0. The first kappa shape index (κ1) is 57.1. The molecule has 4 aliphatic rings. The topological polar surface area (TPSA) is 530 Å². The average Bonchev–Trinajstić information content (AvgIpc) is 3.30. The lowest BCUT2D eigenvalue weighted by molar-refractivity contribution is -0.382. The summed E-state index contributed by atoms with van der Waals surface area (Å²) >= 11 is 0. The predicted molar refractivity (Wildman–Crippen MR) is 206 cm³/mol. The molecule has 4 rings (SSSR count). The number of ether oxygens (including phenoxy) is 7. The van der Waals surface area contributed by atoms with Gasteiger partial charge >= 0.3 is 11.9 Å². The van der Waals surface area contributed by atoms with Crippen LogP contribution in [0.3, 0.4) is 0 Å². The number of carboxylic acids is 2. The number of carbonyl (C=O) groups is 5. The molecule has 68 heavy (non-hydrogen) atoms. The van der Waals surface area contributed by atoms with Crippen molar-refractivity contribution >= 4 is 29.7 Å². The van der Waals surface area contributed by atoms with Gasteiger partial charge in [0, 0.05) is 19.8 Å². The molecule has 0 aromatic rings. The van der Waals surface area contributed by atoms with E-state index in [0.717, 1.165) is 6.92 Å². The second-order valence-electron chi connectivity index (χ2n) is 16.3. The quantitative estimate of drug-likeness (QED) is 0.0508. The van der Waals surface area contributed by atoms with Gasteiger partial charge in [0.1, 0.15) is 98.6 Å². The minimum Gasteiger partial charge on any atom is -0.477 e. The molecule has 3 amide bonds. The molecule has 32 nitrogen and oxygen atoms in total. The van der Waals surface area contributed by atoms with E-state index in [1.807, 2.05) is 0 Å². The number of hydrogen-bond acceptors (Lipinski definition) is 27. The van der Waals surface area contributed by atoms with E-state index in [4.69, 9.17) is 33.2 Å². The molecule has 4 heterocycles. The molecule has 0 aromatic carbocycles. The van der Waals surface area contributed by atoms with E-state index in [0.29, 0.717) is 0 Å². The number of rotatable bonds is 21. The van der Waals surface area contributed by atoms with Gasteiger partial charge in [-0.2, -0.15) is 0 Å². The zero-order chi connectivity index (χ0) is 51.2. The first-order valence-electron chi connectivity index (χ1n) is 20.7. The Hall–Kier alpha value is -3.53. The van der Waals surface area contributed by atoms with Crippen LogP contribution >= 0.6 is 0 Å². The van der Waals surface area contributed by atoms with Crippen LogP contribution in [0, 0.1) is 0 Å². The second kappa shape index (κ2) is 24.1. The molecule has 20 N–H and O–H groups in total. The van der Waals surface area contributed by atoms with Gasteiger partial charge in [-0.25, -0.2) is 9.59 Å². The van der Waals surface area contributed by atoms with Crippen molar-refractivity contribution < 1.29 is 144 Å². The van der Waals surface area contributed by atoms with Gasteiger partial charge in [0.25, 0.3) is 11.6 Å². The minimum atomic E-state index is -3.27. The summed E-state index contributed by atoms with van der Waals surface area (Å²) in [7, 11) is 0. The zero-order valence-electron chi connectivity index (χ0n) is 35.7. The van der Waals surface area contributed by atoms with Crippen LogP contribution in [-0.4, -0.2) is 290 Å². The average molecular weight is 998 g/mol. The smallest absolute Gasteiger partial charge is 0.364 e. The summed E-state index contributed by atoms with van der Waals surface area (Å²) in [6.07, 6.45) is -39.4. The second-order valence-corrected chi connectivity index (χ2v) is 16.3. The van der Waals surface area contributed by atoms with Gasteiger partial charge in [-0.1, -0.05) is 0 Å². The summed E-state index contributed by atoms with van der Waals surface area (Å²) in [5, 5.41) is 184. The molecule has 4 aliphatic heterocycles. The van der Waals surface area contributed by atoms with Gasteiger partial charge in [0.15, 0.2) is 12.6 Å². The van der Waals surface area contributed by atoms with Gasteiger partial charge in [-0.05, 0) is 0 Å². The van der Waals surface area contributed by atoms with E-state index >= 15 is 0 Å². The van der Waals surface area contributed by atoms with E-state index in [-0.39, 0.29) is 0 Å². The number of hydrogen-bond donors (Lipinski definition) is 20. The Morgan fingerprint density at radius 2 is 1.10 bits per heavy atom. The first-order valence-corrected chi connectivity index (χ1v) is 20.7. The molecular weight excluding hydrogens is 938 g/mol. The van der Waals surface area contributed by atoms with Crippen molar-refractivity contribution in [3.8, 4) is 0 Å². The van der Waals surface area contributed by atoms with Crippen LogP contribution in [0.25, 0.3) is 0 Å². The lowest BCUT2D eigenvalue weighted by Crippen LogP contribution is -2.71. The highest BCUT2D eigenvalue weighted by Gasteiger charge is 2.61. The molecular formula is C36H59N3O29. The molecule has 4 fully saturated rings. The molecule has 0 saturated carbocycles. The van der Waals surface area contributed by atoms with Crippen molar-refractivity contribution in [1.29, 1.82) is 0 Å². The molecule has 0 aromatic heterocycles. The summed E-state index contributed by atoms with van der Waals surface area (Å²) in [4.78, 5) is 62.1. The molecule has 0 bridgehead atoms. The number of aliphatic carboxylic acids is 2. The van der Waals surface area contributed by atoms with Crippen LogP contribution in [0.5, 0.6) is 0 Å². The zero-order valence-corrected chi connectivity index (χ0v) is 35.7. The molecule has 3 unspecified atom stereocenters.